The van der Waals surface area contributed by atoms with Crippen LogP contribution in [0.4, 0.5) is 4.79 Å². The zero-order chi connectivity index (χ0) is 14.1. The standard InChI is InChI=1S/C14H15ClN4O/c1-16-14(20)19-8-9(7-12-17-5-6-18-12)13-10(15)3-2-4-11(13)19/h2-4,8H,5-7H2,1H3,(H,16,20)(H,17,18). The van der Waals surface area contributed by atoms with E-state index < -0.39 is 0 Å². The molecule has 1 aromatic carbocycles. The summed E-state index contributed by atoms with van der Waals surface area (Å²) in [5.74, 6) is 0.945. The number of nitrogens with one attached hydrogen (secondary N) is 2. The molecule has 0 aliphatic carbocycles. The van der Waals surface area contributed by atoms with Gasteiger partial charge in [0.15, 0.2) is 0 Å². The molecule has 0 bridgehead atoms. The zero-order valence-electron chi connectivity index (χ0n) is 11.1. The predicted octanol–water partition coefficient (Wildman–Crippen LogP) is 2.03. The molecule has 0 unspecified atom stereocenters. The summed E-state index contributed by atoms with van der Waals surface area (Å²) in [7, 11) is 1.61. The van der Waals surface area contributed by atoms with Crippen molar-refractivity contribution < 1.29 is 4.79 Å². The highest BCUT2D eigenvalue weighted by Gasteiger charge is 2.17. The van der Waals surface area contributed by atoms with Crippen LogP contribution < -0.4 is 10.6 Å². The first-order chi connectivity index (χ1) is 9.70. The summed E-state index contributed by atoms with van der Waals surface area (Å²) in [5.41, 5.74) is 1.81. The predicted molar refractivity (Wildman–Crippen MR) is 80.8 cm³/mol. The van der Waals surface area contributed by atoms with Crippen molar-refractivity contribution in [2.75, 3.05) is 20.1 Å². The number of halogens is 1. The van der Waals surface area contributed by atoms with Gasteiger partial charge < -0.3 is 10.6 Å². The molecule has 1 aromatic heterocycles. The molecule has 3 rings (SSSR count). The second kappa shape index (κ2) is 5.17. The van der Waals surface area contributed by atoms with Gasteiger partial charge >= 0.3 is 6.03 Å². The molecule has 0 spiro atoms. The highest BCUT2D eigenvalue weighted by molar-refractivity contribution is 6.36. The maximum atomic E-state index is 12.0. The van der Waals surface area contributed by atoms with E-state index in [1.54, 1.807) is 11.6 Å². The maximum absolute atomic E-state index is 12.0. The van der Waals surface area contributed by atoms with Gasteiger partial charge in [0.2, 0.25) is 0 Å². The molecule has 1 amide bonds. The van der Waals surface area contributed by atoms with Crippen molar-refractivity contribution in [3.63, 3.8) is 0 Å². The van der Waals surface area contributed by atoms with Crippen molar-refractivity contribution >= 4 is 34.4 Å². The van der Waals surface area contributed by atoms with E-state index in [0.717, 1.165) is 35.4 Å². The van der Waals surface area contributed by atoms with Gasteiger partial charge in [-0.05, 0) is 17.7 Å². The minimum atomic E-state index is -0.176. The van der Waals surface area contributed by atoms with E-state index in [1.807, 2.05) is 24.4 Å². The first kappa shape index (κ1) is 13.0. The van der Waals surface area contributed by atoms with Crippen molar-refractivity contribution in [3.05, 3.63) is 35.0 Å². The van der Waals surface area contributed by atoms with E-state index in [-0.39, 0.29) is 6.03 Å². The lowest BCUT2D eigenvalue weighted by Gasteiger charge is -2.02. The Morgan fingerprint density at radius 1 is 1.55 bits per heavy atom. The molecular formula is C14H15ClN4O. The maximum Gasteiger partial charge on any atom is 0.325 e. The highest BCUT2D eigenvalue weighted by Crippen LogP contribution is 2.29. The summed E-state index contributed by atoms with van der Waals surface area (Å²) < 4.78 is 1.59. The Morgan fingerprint density at radius 2 is 2.40 bits per heavy atom. The second-order valence-corrected chi connectivity index (χ2v) is 5.05. The number of hydrogen-bond donors (Lipinski definition) is 2. The molecule has 2 aromatic rings. The van der Waals surface area contributed by atoms with Crippen LogP contribution in [-0.2, 0) is 6.42 Å². The number of amidine groups is 1. The molecule has 5 nitrogen and oxygen atoms in total. The Labute approximate surface area is 121 Å². The van der Waals surface area contributed by atoms with Crippen molar-refractivity contribution in [2.45, 2.75) is 6.42 Å². The molecule has 6 heteroatoms. The fraction of sp³-hybridized carbons (Fsp3) is 0.286. The number of aromatic nitrogens is 1. The molecule has 0 saturated heterocycles. The number of aliphatic imine (C=N–C) groups is 1. The Balaban J connectivity index is 2.13. The highest BCUT2D eigenvalue weighted by atomic mass is 35.5. The molecular weight excluding hydrogens is 276 g/mol. The molecule has 1 aliphatic heterocycles. The molecule has 0 atom stereocenters. The van der Waals surface area contributed by atoms with E-state index in [1.165, 1.54) is 0 Å². The van der Waals surface area contributed by atoms with Crippen LogP contribution in [0.2, 0.25) is 5.02 Å². The summed E-state index contributed by atoms with van der Waals surface area (Å²) in [6, 6.07) is 5.40. The van der Waals surface area contributed by atoms with E-state index in [9.17, 15) is 4.79 Å². The summed E-state index contributed by atoms with van der Waals surface area (Å²) in [6.45, 7) is 1.67. The molecule has 1 aliphatic rings. The smallest absolute Gasteiger partial charge is 0.325 e. The van der Waals surface area contributed by atoms with Crippen LogP contribution in [0.3, 0.4) is 0 Å². The lowest BCUT2D eigenvalue weighted by Crippen LogP contribution is -2.23. The third kappa shape index (κ3) is 2.14. The van der Waals surface area contributed by atoms with Crippen molar-refractivity contribution in [1.82, 2.24) is 15.2 Å². The van der Waals surface area contributed by atoms with Crippen LogP contribution in [0.25, 0.3) is 10.9 Å². The lowest BCUT2D eigenvalue weighted by molar-refractivity contribution is 0.245. The Morgan fingerprint density at radius 3 is 3.10 bits per heavy atom. The molecule has 2 N–H and O–H groups in total. The number of hydrogen-bond acceptors (Lipinski definition) is 3. The third-order valence-corrected chi connectivity index (χ3v) is 3.71. The summed E-state index contributed by atoms with van der Waals surface area (Å²) in [6.07, 6.45) is 2.49. The zero-order valence-corrected chi connectivity index (χ0v) is 11.9. The van der Waals surface area contributed by atoms with E-state index >= 15 is 0 Å². The topological polar surface area (TPSA) is 58.4 Å². The van der Waals surface area contributed by atoms with Gasteiger partial charge in [-0.25, -0.2) is 4.79 Å². The van der Waals surface area contributed by atoms with Crippen LogP contribution in [-0.4, -0.2) is 36.6 Å². The van der Waals surface area contributed by atoms with Crippen molar-refractivity contribution in [3.8, 4) is 0 Å². The van der Waals surface area contributed by atoms with E-state index in [0.29, 0.717) is 11.4 Å². The van der Waals surface area contributed by atoms with Crippen LogP contribution in [0.1, 0.15) is 5.56 Å². The Hall–Kier alpha value is -2.01. The fourth-order valence-electron chi connectivity index (χ4n) is 2.49. The quantitative estimate of drug-likeness (QED) is 0.889. The summed E-state index contributed by atoms with van der Waals surface area (Å²) in [5, 5.41) is 7.44. The molecule has 2 heterocycles. The number of fused-ring (bicyclic) bond motifs is 1. The Kier molecular flexibility index (Phi) is 3.36. The minimum Gasteiger partial charge on any atom is -0.372 e. The number of nitrogens with zero attached hydrogens (tertiary/aromatic N) is 2. The average molecular weight is 291 g/mol. The summed E-state index contributed by atoms with van der Waals surface area (Å²) >= 11 is 6.30. The van der Waals surface area contributed by atoms with Gasteiger partial charge in [-0.3, -0.25) is 9.56 Å². The minimum absolute atomic E-state index is 0.176. The molecule has 20 heavy (non-hydrogen) atoms. The van der Waals surface area contributed by atoms with Gasteiger partial charge in [0.25, 0.3) is 0 Å². The van der Waals surface area contributed by atoms with Crippen LogP contribution >= 0.6 is 11.6 Å². The number of amides is 1. The SMILES string of the molecule is CNC(=O)n1cc(CC2=NCCN2)c2c(Cl)cccc21. The van der Waals surface area contributed by atoms with Gasteiger partial charge in [-0.1, -0.05) is 17.7 Å². The van der Waals surface area contributed by atoms with E-state index in [2.05, 4.69) is 15.6 Å². The lowest BCUT2D eigenvalue weighted by atomic mass is 10.1. The van der Waals surface area contributed by atoms with Crippen LogP contribution in [0.15, 0.2) is 29.4 Å². The number of carbonyl (C=O) groups excluding carboxylic acids is 1. The van der Waals surface area contributed by atoms with E-state index in [4.69, 9.17) is 11.6 Å². The van der Waals surface area contributed by atoms with Gasteiger partial charge in [0, 0.05) is 31.6 Å². The first-order valence-corrected chi connectivity index (χ1v) is 6.86. The van der Waals surface area contributed by atoms with Gasteiger partial charge in [-0.2, -0.15) is 0 Å². The number of carbonyl (C=O) groups is 1. The summed E-state index contributed by atoms with van der Waals surface area (Å²) in [4.78, 5) is 16.3. The number of rotatable bonds is 2. The fourth-order valence-corrected chi connectivity index (χ4v) is 2.78. The largest absolute Gasteiger partial charge is 0.372 e. The van der Waals surface area contributed by atoms with Gasteiger partial charge in [0.05, 0.1) is 17.1 Å². The molecule has 0 fully saturated rings. The second-order valence-electron chi connectivity index (χ2n) is 4.65. The normalized spacial score (nSPS) is 14.2. The van der Waals surface area contributed by atoms with Gasteiger partial charge in [0.1, 0.15) is 5.84 Å². The number of benzene rings is 1. The monoisotopic (exact) mass is 290 g/mol. The van der Waals surface area contributed by atoms with Crippen molar-refractivity contribution in [1.29, 1.82) is 0 Å². The molecule has 0 radical (unpaired) electrons. The van der Waals surface area contributed by atoms with Crippen molar-refractivity contribution in [2.24, 2.45) is 4.99 Å². The third-order valence-electron chi connectivity index (χ3n) is 3.39. The van der Waals surface area contributed by atoms with Gasteiger partial charge in [-0.15, -0.1) is 0 Å². The average Bonchev–Trinajstić information content (AvgIpc) is 3.07. The Bertz CT molecular complexity index is 705. The van der Waals surface area contributed by atoms with Crippen LogP contribution in [0, 0.1) is 0 Å². The van der Waals surface area contributed by atoms with Crippen LogP contribution in [0.5, 0.6) is 0 Å². The molecule has 0 saturated carbocycles. The molecule has 104 valence electrons. The first-order valence-electron chi connectivity index (χ1n) is 6.48.